The summed E-state index contributed by atoms with van der Waals surface area (Å²) in [7, 11) is 0. The maximum Gasteiger partial charge on any atom is 0.0315 e. The van der Waals surface area contributed by atoms with Crippen LogP contribution in [0.2, 0.25) is 0 Å². The summed E-state index contributed by atoms with van der Waals surface area (Å²) in [5.74, 6) is 0.653. The SMILES string of the molecule is CCC1CN(Cc2cnccc2C)CCC1N. The fourth-order valence-electron chi connectivity index (χ4n) is 2.60. The summed E-state index contributed by atoms with van der Waals surface area (Å²) in [6, 6.07) is 2.48. The highest BCUT2D eigenvalue weighted by atomic mass is 15.1. The van der Waals surface area contributed by atoms with Gasteiger partial charge in [0.25, 0.3) is 0 Å². The van der Waals surface area contributed by atoms with Gasteiger partial charge in [0.15, 0.2) is 0 Å². The minimum atomic E-state index is 0.395. The Morgan fingerprint density at radius 1 is 1.53 bits per heavy atom. The van der Waals surface area contributed by atoms with Crippen molar-refractivity contribution in [1.29, 1.82) is 0 Å². The number of pyridine rings is 1. The topological polar surface area (TPSA) is 42.2 Å². The molecule has 2 N–H and O–H groups in total. The molecule has 1 fully saturated rings. The third-order valence-corrected chi connectivity index (χ3v) is 3.94. The lowest BCUT2D eigenvalue weighted by molar-refractivity contribution is 0.145. The minimum Gasteiger partial charge on any atom is -0.327 e. The fraction of sp³-hybridized carbons (Fsp3) is 0.643. The molecule has 1 aromatic heterocycles. The number of piperidine rings is 1. The van der Waals surface area contributed by atoms with Crippen molar-refractivity contribution in [3.63, 3.8) is 0 Å². The highest BCUT2D eigenvalue weighted by Crippen LogP contribution is 2.20. The molecule has 0 aromatic carbocycles. The molecule has 1 saturated heterocycles. The van der Waals surface area contributed by atoms with Gasteiger partial charge in [0.05, 0.1) is 0 Å². The van der Waals surface area contributed by atoms with Crippen LogP contribution in [0.5, 0.6) is 0 Å². The number of nitrogens with two attached hydrogens (primary N) is 1. The predicted octanol–water partition coefficient (Wildman–Crippen LogP) is 1.95. The largest absolute Gasteiger partial charge is 0.327 e. The maximum atomic E-state index is 6.14. The Hall–Kier alpha value is -0.930. The van der Waals surface area contributed by atoms with E-state index in [1.807, 2.05) is 12.4 Å². The van der Waals surface area contributed by atoms with Gasteiger partial charge in [0, 0.05) is 31.5 Å². The molecule has 0 aliphatic carbocycles. The van der Waals surface area contributed by atoms with Crippen molar-refractivity contribution in [3.8, 4) is 0 Å². The quantitative estimate of drug-likeness (QED) is 0.867. The summed E-state index contributed by atoms with van der Waals surface area (Å²) in [4.78, 5) is 6.73. The average molecular weight is 233 g/mol. The lowest BCUT2D eigenvalue weighted by atomic mass is 9.90. The first-order valence-corrected chi connectivity index (χ1v) is 6.58. The molecule has 2 rings (SSSR count). The monoisotopic (exact) mass is 233 g/mol. The number of aryl methyl sites for hydroxylation is 1. The molecule has 1 aliphatic heterocycles. The van der Waals surface area contributed by atoms with Crippen LogP contribution in [0.25, 0.3) is 0 Å². The van der Waals surface area contributed by atoms with Crippen LogP contribution in [-0.2, 0) is 6.54 Å². The first-order chi connectivity index (χ1) is 8.20. The van der Waals surface area contributed by atoms with E-state index in [4.69, 9.17) is 5.73 Å². The molecule has 3 heteroatoms. The van der Waals surface area contributed by atoms with Crippen LogP contribution < -0.4 is 5.73 Å². The van der Waals surface area contributed by atoms with Crippen LogP contribution in [-0.4, -0.2) is 29.0 Å². The van der Waals surface area contributed by atoms with Crippen molar-refractivity contribution in [2.45, 2.75) is 39.3 Å². The van der Waals surface area contributed by atoms with Gasteiger partial charge in [-0.15, -0.1) is 0 Å². The van der Waals surface area contributed by atoms with Gasteiger partial charge in [-0.1, -0.05) is 13.3 Å². The van der Waals surface area contributed by atoms with Crippen LogP contribution in [0.15, 0.2) is 18.5 Å². The summed E-state index contributed by atoms with van der Waals surface area (Å²) in [6.07, 6.45) is 6.16. The Bertz CT molecular complexity index is 364. The molecule has 0 amide bonds. The van der Waals surface area contributed by atoms with Crippen LogP contribution in [0.3, 0.4) is 0 Å². The third kappa shape index (κ3) is 3.05. The van der Waals surface area contributed by atoms with Gasteiger partial charge in [0.1, 0.15) is 0 Å². The molecular formula is C14H23N3. The highest BCUT2D eigenvalue weighted by Gasteiger charge is 2.25. The Kier molecular flexibility index (Phi) is 4.13. The Morgan fingerprint density at radius 2 is 2.35 bits per heavy atom. The minimum absolute atomic E-state index is 0.395. The zero-order valence-electron chi connectivity index (χ0n) is 10.9. The van der Waals surface area contributed by atoms with E-state index in [1.54, 1.807) is 0 Å². The summed E-state index contributed by atoms with van der Waals surface area (Å²) in [5.41, 5.74) is 8.82. The lowest BCUT2D eigenvalue weighted by Gasteiger charge is -2.36. The van der Waals surface area contributed by atoms with Crippen molar-refractivity contribution in [2.24, 2.45) is 11.7 Å². The molecule has 2 unspecified atom stereocenters. The molecule has 2 heterocycles. The van der Waals surface area contributed by atoms with Gasteiger partial charge in [-0.3, -0.25) is 9.88 Å². The smallest absolute Gasteiger partial charge is 0.0315 e. The zero-order chi connectivity index (χ0) is 12.3. The Morgan fingerprint density at radius 3 is 3.06 bits per heavy atom. The average Bonchev–Trinajstić information content (AvgIpc) is 2.34. The van der Waals surface area contributed by atoms with E-state index in [0.717, 1.165) is 26.1 Å². The number of rotatable bonds is 3. The second-order valence-corrected chi connectivity index (χ2v) is 5.16. The fourth-order valence-corrected chi connectivity index (χ4v) is 2.60. The first-order valence-electron chi connectivity index (χ1n) is 6.58. The lowest BCUT2D eigenvalue weighted by Crippen LogP contribution is -2.46. The highest BCUT2D eigenvalue weighted by molar-refractivity contribution is 5.21. The van der Waals surface area contributed by atoms with Gasteiger partial charge in [-0.25, -0.2) is 0 Å². The van der Waals surface area contributed by atoms with Crippen molar-refractivity contribution in [1.82, 2.24) is 9.88 Å². The molecule has 1 aromatic rings. The first kappa shape index (κ1) is 12.5. The number of hydrogen-bond donors (Lipinski definition) is 1. The number of aromatic nitrogens is 1. The molecule has 94 valence electrons. The summed E-state index contributed by atoms with van der Waals surface area (Å²) < 4.78 is 0. The van der Waals surface area contributed by atoms with Gasteiger partial charge in [0.2, 0.25) is 0 Å². The zero-order valence-corrected chi connectivity index (χ0v) is 10.9. The van der Waals surface area contributed by atoms with E-state index in [2.05, 4.69) is 29.8 Å². The van der Waals surface area contributed by atoms with E-state index >= 15 is 0 Å². The maximum absolute atomic E-state index is 6.14. The van der Waals surface area contributed by atoms with Crippen molar-refractivity contribution >= 4 is 0 Å². The van der Waals surface area contributed by atoms with Crippen LogP contribution in [0.4, 0.5) is 0 Å². The molecule has 0 spiro atoms. The molecule has 17 heavy (non-hydrogen) atoms. The molecule has 0 saturated carbocycles. The van der Waals surface area contributed by atoms with Gasteiger partial charge >= 0.3 is 0 Å². The van der Waals surface area contributed by atoms with E-state index < -0.39 is 0 Å². The second kappa shape index (κ2) is 5.61. The van der Waals surface area contributed by atoms with Crippen LogP contribution >= 0.6 is 0 Å². The van der Waals surface area contributed by atoms with Gasteiger partial charge < -0.3 is 5.73 Å². The second-order valence-electron chi connectivity index (χ2n) is 5.16. The molecule has 0 radical (unpaired) electrons. The number of likely N-dealkylation sites (tertiary alicyclic amines) is 1. The van der Waals surface area contributed by atoms with E-state index in [-0.39, 0.29) is 0 Å². The molecule has 0 bridgehead atoms. The normalized spacial score (nSPS) is 26.1. The molecular weight excluding hydrogens is 210 g/mol. The standard InChI is InChI=1S/C14H23N3/c1-3-12-9-17(7-5-14(12)15)10-13-8-16-6-4-11(13)2/h4,6,8,12,14H,3,5,7,9-10,15H2,1-2H3. The van der Waals surface area contributed by atoms with E-state index in [9.17, 15) is 0 Å². The molecule has 2 atom stereocenters. The Labute approximate surface area is 104 Å². The van der Waals surface area contributed by atoms with Crippen LogP contribution in [0, 0.1) is 12.8 Å². The number of hydrogen-bond acceptors (Lipinski definition) is 3. The van der Waals surface area contributed by atoms with E-state index in [0.29, 0.717) is 12.0 Å². The number of nitrogens with zero attached hydrogens (tertiary/aromatic N) is 2. The van der Waals surface area contributed by atoms with E-state index in [1.165, 1.54) is 17.5 Å². The summed E-state index contributed by atoms with van der Waals surface area (Å²) in [6.45, 7) is 7.66. The third-order valence-electron chi connectivity index (χ3n) is 3.94. The Balaban J connectivity index is 1.98. The van der Waals surface area contributed by atoms with Crippen molar-refractivity contribution in [2.75, 3.05) is 13.1 Å². The summed E-state index contributed by atoms with van der Waals surface area (Å²) >= 11 is 0. The predicted molar refractivity (Wildman–Crippen MR) is 70.6 cm³/mol. The van der Waals surface area contributed by atoms with Gasteiger partial charge in [-0.2, -0.15) is 0 Å². The summed E-state index contributed by atoms with van der Waals surface area (Å²) in [5, 5.41) is 0. The van der Waals surface area contributed by atoms with Crippen molar-refractivity contribution in [3.05, 3.63) is 29.6 Å². The van der Waals surface area contributed by atoms with Crippen molar-refractivity contribution < 1.29 is 0 Å². The van der Waals surface area contributed by atoms with Crippen LogP contribution in [0.1, 0.15) is 30.9 Å². The molecule has 1 aliphatic rings. The van der Waals surface area contributed by atoms with Gasteiger partial charge in [-0.05, 0) is 43.0 Å². The molecule has 3 nitrogen and oxygen atoms in total.